The van der Waals surface area contributed by atoms with E-state index in [9.17, 15) is 0 Å². The summed E-state index contributed by atoms with van der Waals surface area (Å²) in [5.41, 5.74) is 0. The summed E-state index contributed by atoms with van der Waals surface area (Å²) in [5, 5.41) is 11.2. The Morgan fingerprint density at radius 2 is 0.737 bits per heavy atom. The SMILES string of the molecule is CC(C)(C)[Si][Si]1([Si]C(C)(C)C)N([Si](Cl)(C(C)(C)C)C(C)(C)C)N=NN1[Si](C(C)(C)C)(C(C)(C)C)C(C)(C)C. The van der Waals surface area contributed by atoms with Gasteiger partial charge in [0, 0.05) is 0 Å². The van der Waals surface area contributed by atoms with Crippen LogP contribution < -0.4 is 0 Å². The molecule has 38 heavy (non-hydrogen) atoms. The summed E-state index contributed by atoms with van der Waals surface area (Å²) >= 11 is 8.24. The van der Waals surface area contributed by atoms with Gasteiger partial charge >= 0.3 is 0 Å². The van der Waals surface area contributed by atoms with Crippen molar-refractivity contribution in [2.75, 3.05) is 0 Å². The van der Waals surface area contributed by atoms with Crippen LogP contribution in [0, 0.1) is 0 Å². The molecule has 4 radical (unpaired) electrons. The number of hydrogen-bond acceptors (Lipinski definition) is 4. The molecule has 10 heteroatoms. The van der Waals surface area contributed by atoms with Crippen molar-refractivity contribution in [2.24, 2.45) is 10.4 Å². The molecule has 0 amide bonds. The van der Waals surface area contributed by atoms with Crippen LogP contribution in [-0.2, 0) is 0 Å². The standard InChI is InChI=1S/C28H63ClN4Si5/c1-22(2,3)34-38(35-23(4,5)6)32(36(24(7,8)9,25(10,11)12)26(13,14)15)30-31-33(38)37(29,27(16,17)18)28(19,20)21/h1-21H3. The Morgan fingerprint density at radius 3 is 0.947 bits per heavy atom. The van der Waals surface area contributed by atoms with Crippen molar-refractivity contribution in [1.29, 1.82) is 0 Å². The Labute approximate surface area is 251 Å². The van der Waals surface area contributed by atoms with Crippen LogP contribution in [0.15, 0.2) is 10.4 Å². The molecule has 0 saturated heterocycles. The Hall–Kier alpha value is 0.574. The summed E-state index contributed by atoms with van der Waals surface area (Å²) in [5.74, 6) is 0. The van der Waals surface area contributed by atoms with Crippen LogP contribution in [0.1, 0.15) is 145 Å². The maximum atomic E-state index is 8.24. The van der Waals surface area contributed by atoms with Crippen molar-refractivity contribution >= 4 is 52.4 Å². The minimum atomic E-state index is -2.75. The molecule has 0 unspecified atom stereocenters. The second kappa shape index (κ2) is 10.1. The molecule has 1 rings (SSSR count). The van der Waals surface area contributed by atoms with E-state index in [-0.39, 0.29) is 35.3 Å². The Bertz CT molecular complexity index is 806. The molecule has 1 aliphatic heterocycles. The summed E-state index contributed by atoms with van der Waals surface area (Å²) in [6.07, 6.45) is 0. The van der Waals surface area contributed by atoms with E-state index in [0.717, 1.165) is 18.1 Å². The lowest BCUT2D eigenvalue weighted by atomic mass is 10.2. The van der Waals surface area contributed by atoms with Crippen LogP contribution in [-0.4, -0.2) is 50.0 Å². The molecule has 222 valence electrons. The smallest absolute Gasteiger partial charge is 0.277 e. The number of rotatable bonds is 4. The molecule has 0 spiro atoms. The van der Waals surface area contributed by atoms with Crippen LogP contribution in [0.25, 0.3) is 0 Å². The molecule has 0 atom stereocenters. The van der Waals surface area contributed by atoms with Crippen LogP contribution in [0.3, 0.4) is 0 Å². The quantitative estimate of drug-likeness (QED) is 0.228. The molecular formula is C28H63ClN4Si5. The zero-order chi connectivity index (χ0) is 31.0. The molecule has 1 aliphatic rings. The van der Waals surface area contributed by atoms with Crippen LogP contribution >= 0.6 is 11.1 Å². The van der Waals surface area contributed by atoms with Gasteiger partial charge in [0.15, 0.2) is 8.24 Å². The van der Waals surface area contributed by atoms with Gasteiger partial charge in [0.05, 0.1) is 18.1 Å². The highest BCUT2D eigenvalue weighted by molar-refractivity contribution is 7.53. The lowest BCUT2D eigenvalue weighted by Gasteiger charge is -2.67. The minimum Gasteiger partial charge on any atom is -0.315 e. The third kappa shape index (κ3) is 6.18. The summed E-state index contributed by atoms with van der Waals surface area (Å²) in [7, 11) is -6.34. The van der Waals surface area contributed by atoms with Crippen LogP contribution in [0.2, 0.25) is 35.3 Å². The van der Waals surface area contributed by atoms with Crippen LogP contribution in [0.5, 0.6) is 0 Å². The number of hydrogen-bond donors (Lipinski definition) is 0. The Kier molecular flexibility index (Phi) is 9.72. The van der Waals surface area contributed by atoms with E-state index in [2.05, 4.69) is 154 Å². The largest absolute Gasteiger partial charge is 0.315 e. The van der Waals surface area contributed by atoms with E-state index in [1.807, 2.05) is 0 Å². The van der Waals surface area contributed by atoms with Gasteiger partial charge in [-0.05, 0) is 35.3 Å². The van der Waals surface area contributed by atoms with E-state index in [1.165, 1.54) is 0 Å². The van der Waals surface area contributed by atoms with Crippen molar-refractivity contribution in [3.8, 4) is 0 Å². The van der Waals surface area contributed by atoms with Gasteiger partial charge < -0.3 is 8.68 Å². The highest BCUT2D eigenvalue weighted by Gasteiger charge is 2.75. The fraction of sp³-hybridized carbons (Fsp3) is 1.00. The highest BCUT2D eigenvalue weighted by Crippen LogP contribution is 2.67. The average molecular weight is 632 g/mol. The summed E-state index contributed by atoms with van der Waals surface area (Å²) in [6, 6.07) is 0. The lowest BCUT2D eigenvalue weighted by molar-refractivity contribution is 0.436. The first-order chi connectivity index (χ1) is 16.1. The second-order valence-corrected chi connectivity index (χ2v) is 45.2. The molecule has 0 N–H and O–H groups in total. The predicted molar refractivity (Wildman–Crippen MR) is 181 cm³/mol. The molecule has 4 nitrogen and oxygen atoms in total. The van der Waals surface area contributed by atoms with Crippen molar-refractivity contribution in [3.63, 3.8) is 0 Å². The fourth-order valence-electron chi connectivity index (χ4n) is 8.27. The van der Waals surface area contributed by atoms with E-state index >= 15 is 0 Å². The van der Waals surface area contributed by atoms with Gasteiger partial charge in [0.1, 0.15) is 0 Å². The molecule has 0 aliphatic carbocycles. The first kappa shape index (κ1) is 36.6. The van der Waals surface area contributed by atoms with Gasteiger partial charge in [-0.2, -0.15) is 0 Å². The zero-order valence-electron chi connectivity index (χ0n) is 29.2. The van der Waals surface area contributed by atoms with Gasteiger partial charge in [0.25, 0.3) is 7.55 Å². The van der Waals surface area contributed by atoms with Gasteiger partial charge in [0.2, 0.25) is 7.43 Å². The molecular weight excluding hydrogens is 568 g/mol. The zero-order valence-corrected chi connectivity index (χ0v) is 34.9. The van der Waals surface area contributed by atoms with Gasteiger partial charge in [-0.25, -0.2) is 0 Å². The van der Waals surface area contributed by atoms with Crippen molar-refractivity contribution in [1.82, 2.24) is 8.68 Å². The molecule has 0 saturated carbocycles. The minimum absolute atomic E-state index is 0.0709. The monoisotopic (exact) mass is 630 g/mol. The molecule has 0 aromatic heterocycles. The molecule has 0 bridgehead atoms. The lowest BCUT2D eigenvalue weighted by Crippen LogP contribution is -2.85. The van der Waals surface area contributed by atoms with Gasteiger partial charge in [-0.15, -0.1) is 11.1 Å². The summed E-state index contributed by atoms with van der Waals surface area (Å²) in [4.78, 5) is 0. The summed E-state index contributed by atoms with van der Waals surface area (Å²) < 4.78 is 5.45. The van der Waals surface area contributed by atoms with E-state index < -0.39 is 23.2 Å². The second-order valence-electron chi connectivity index (χ2n) is 18.8. The average Bonchev–Trinajstić information content (AvgIpc) is 2.82. The fourth-order valence-corrected chi connectivity index (χ4v) is 59.6. The first-order valence-electron chi connectivity index (χ1n) is 14.4. The Morgan fingerprint density at radius 1 is 0.474 bits per heavy atom. The number of nitrogens with zero attached hydrogens (tertiary/aromatic N) is 4. The predicted octanol–water partition coefficient (Wildman–Crippen LogP) is 10.8. The molecule has 0 aromatic rings. The molecule has 0 fully saturated rings. The molecule has 0 aromatic carbocycles. The van der Waals surface area contributed by atoms with Gasteiger partial charge in [-0.3, -0.25) is 0 Å². The van der Waals surface area contributed by atoms with E-state index in [0.29, 0.717) is 0 Å². The highest BCUT2D eigenvalue weighted by atomic mass is 35.6. The van der Waals surface area contributed by atoms with Crippen molar-refractivity contribution < 1.29 is 0 Å². The normalized spacial score (nSPS) is 19.0. The maximum absolute atomic E-state index is 8.24. The topological polar surface area (TPSA) is 31.2 Å². The van der Waals surface area contributed by atoms with Gasteiger partial charge in [-0.1, -0.05) is 156 Å². The first-order valence-corrected chi connectivity index (χ1v) is 25.2. The maximum Gasteiger partial charge on any atom is 0.277 e. The van der Waals surface area contributed by atoms with Crippen LogP contribution in [0.4, 0.5) is 0 Å². The van der Waals surface area contributed by atoms with Crippen molar-refractivity contribution in [2.45, 2.75) is 181 Å². The third-order valence-corrected chi connectivity index (χ3v) is 45.6. The third-order valence-electron chi connectivity index (χ3n) is 7.78. The summed E-state index contributed by atoms with van der Waals surface area (Å²) in [6.45, 7) is 51.2. The van der Waals surface area contributed by atoms with Crippen molar-refractivity contribution in [3.05, 3.63) is 0 Å². The molecule has 1 heterocycles. The van der Waals surface area contributed by atoms with E-state index in [1.54, 1.807) is 0 Å². The Balaban J connectivity index is 4.53. The number of halogens is 1. The van der Waals surface area contributed by atoms with E-state index in [4.69, 9.17) is 21.5 Å².